The SMILES string of the molecule is CCCCC/C=C\CCCCCCCC(=O)OCCCCCCCCCCCCCC/C=C\CCCCCCCCCCCCC(=O)NC(CO)C(O)CCCCCCCCCCCCCCC. The molecule has 1 amide bonds. The van der Waals surface area contributed by atoms with Crippen LogP contribution in [0.3, 0.4) is 0 Å². The maximum Gasteiger partial charge on any atom is 0.305 e. The standard InChI is InChI=1S/C62H119NO5/c1-3-5-7-9-11-13-15-31-34-38-42-46-50-54-60(65)59(58-64)63-61(66)55-51-47-43-39-35-32-29-27-25-23-21-19-17-18-20-22-24-26-28-30-33-37-41-45-49-53-57-68-62(67)56-52-48-44-40-36-16-14-12-10-8-6-4-2/h12,14,17,19,59-60,64-65H,3-11,13,15-16,18,20-58H2,1-2H3,(H,63,66)/b14-12-,19-17-. The summed E-state index contributed by atoms with van der Waals surface area (Å²) in [5.74, 6) is -0.0315. The first-order chi connectivity index (χ1) is 33.5. The highest BCUT2D eigenvalue weighted by atomic mass is 16.5. The molecule has 0 radical (unpaired) electrons. The van der Waals surface area contributed by atoms with Gasteiger partial charge >= 0.3 is 5.97 Å². The third-order valence-corrected chi connectivity index (χ3v) is 14.2. The van der Waals surface area contributed by atoms with E-state index in [1.54, 1.807) is 0 Å². The van der Waals surface area contributed by atoms with Crippen molar-refractivity contribution >= 4 is 11.9 Å². The average molecular weight is 959 g/mol. The zero-order valence-electron chi connectivity index (χ0n) is 45.9. The van der Waals surface area contributed by atoms with Gasteiger partial charge in [-0.05, 0) is 77.0 Å². The van der Waals surface area contributed by atoms with Gasteiger partial charge in [0.25, 0.3) is 0 Å². The number of unbranched alkanes of at least 4 members (excludes halogenated alkanes) is 42. The number of esters is 1. The molecule has 0 aromatic rings. The van der Waals surface area contributed by atoms with Crippen molar-refractivity contribution in [1.82, 2.24) is 5.32 Å². The molecular weight excluding hydrogens is 839 g/mol. The fraction of sp³-hybridized carbons (Fsp3) is 0.903. The lowest BCUT2D eigenvalue weighted by Crippen LogP contribution is -2.45. The summed E-state index contributed by atoms with van der Waals surface area (Å²) in [6.07, 6.45) is 70.5. The molecule has 0 aliphatic rings. The smallest absolute Gasteiger partial charge is 0.305 e. The van der Waals surface area contributed by atoms with Crippen molar-refractivity contribution in [3.8, 4) is 0 Å². The fourth-order valence-corrected chi connectivity index (χ4v) is 9.51. The minimum atomic E-state index is -0.664. The van der Waals surface area contributed by atoms with Gasteiger partial charge in [-0.2, -0.15) is 0 Å². The number of hydrogen-bond donors (Lipinski definition) is 3. The monoisotopic (exact) mass is 958 g/mol. The van der Waals surface area contributed by atoms with Crippen molar-refractivity contribution in [2.24, 2.45) is 0 Å². The van der Waals surface area contributed by atoms with E-state index in [1.165, 1.54) is 257 Å². The van der Waals surface area contributed by atoms with Gasteiger partial charge in [0.05, 0.1) is 25.4 Å². The van der Waals surface area contributed by atoms with Crippen molar-refractivity contribution in [3.63, 3.8) is 0 Å². The largest absolute Gasteiger partial charge is 0.466 e. The Morgan fingerprint density at radius 1 is 0.397 bits per heavy atom. The van der Waals surface area contributed by atoms with Crippen LogP contribution in [0.1, 0.15) is 335 Å². The van der Waals surface area contributed by atoms with E-state index in [1.807, 2.05) is 0 Å². The van der Waals surface area contributed by atoms with Gasteiger partial charge in [0.1, 0.15) is 0 Å². The molecule has 6 heteroatoms. The molecule has 0 spiro atoms. The number of carbonyl (C=O) groups is 2. The van der Waals surface area contributed by atoms with E-state index in [-0.39, 0.29) is 18.5 Å². The van der Waals surface area contributed by atoms with Gasteiger partial charge in [0.2, 0.25) is 5.91 Å². The molecule has 0 saturated carbocycles. The molecule has 402 valence electrons. The summed E-state index contributed by atoms with van der Waals surface area (Å²) < 4.78 is 5.46. The number of carbonyl (C=O) groups excluding carboxylic acids is 2. The Balaban J connectivity index is 3.38. The van der Waals surface area contributed by atoms with E-state index in [0.29, 0.717) is 25.9 Å². The van der Waals surface area contributed by atoms with E-state index in [4.69, 9.17) is 4.74 Å². The van der Waals surface area contributed by atoms with Crippen LogP contribution in [0.15, 0.2) is 24.3 Å². The third-order valence-electron chi connectivity index (χ3n) is 14.2. The Bertz CT molecular complexity index is 1060. The van der Waals surface area contributed by atoms with Gasteiger partial charge in [-0.3, -0.25) is 9.59 Å². The quantitative estimate of drug-likeness (QED) is 0.0321. The Labute approximate surface area is 424 Å². The lowest BCUT2D eigenvalue weighted by Gasteiger charge is -2.22. The third kappa shape index (κ3) is 53.7. The molecule has 0 bridgehead atoms. The molecular formula is C62H119NO5. The van der Waals surface area contributed by atoms with Gasteiger partial charge in [-0.25, -0.2) is 0 Å². The average Bonchev–Trinajstić information content (AvgIpc) is 3.34. The van der Waals surface area contributed by atoms with Crippen LogP contribution in [-0.4, -0.2) is 47.4 Å². The number of allylic oxidation sites excluding steroid dienone is 4. The van der Waals surface area contributed by atoms with E-state index in [2.05, 4.69) is 43.5 Å². The van der Waals surface area contributed by atoms with Crippen LogP contribution in [0.5, 0.6) is 0 Å². The summed E-state index contributed by atoms with van der Waals surface area (Å²) in [5, 5.41) is 23.2. The van der Waals surface area contributed by atoms with Gasteiger partial charge in [-0.15, -0.1) is 0 Å². The lowest BCUT2D eigenvalue weighted by molar-refractivity contribution is -0.143. The van der Waals surface area contributed by atoms with Crippen molar-refractivity contribution in [2.75, 3.05) is 13.2 Å². The van der Waals surface area contributed by atoms with Crippen molar-refractivity contribution in [2.45, 2.75) is 347 Å². The topological polar surface area (TPSA) is 95.9 Å². The number of amides is 1. The first kappa shape index (κ1) is 66.3. The van der Waals surface area contributed by atoms with Gasteiger partial charge in [-0.1, -0.05) is 269 Å². The normalized spacial score (nSPS) is 12.7. The second kappa shape index (κ2) is 57.9. The number of hydrogen-bond acceptors (Lipinski definition) is 5. The Morgan fingerprint density at radius 3 is 1.07 bits per heavy atom. The maximum atomic E-state index is 12.5. The van der Waals surface area contributed by atoms with Crippen LogP contribution >= 0.6 is 0 Å². The molecule has 0 fully saturated rings. The molecule has 0 aliphatic heterocycles. The Morgan fingerprint density at radius 2 is 0.691 bits per heavy atom. The molecule has 2 unspecified atom stereocenters. The van der Waals surface area contributed by atoms with Crippen molar-refractivity contribution in [3.05, 3.63) is 24.3 Å². The van der Waals surface area contributed by atoms with Crippen LogP contribution in [0, 0.1) is 0 Å². The Hall–Kier alpha value is -1.66. The first-order valence-corrected chi connectivity index (χ1v) is 30.6. The first-order valence-electron chi connectivity index (χ1n) is 30.6. The summed E-state index contributed by atoms with van der Waals surface area (Å²) in [7, 11) is 0. The minimum Gasteiger partial charge on any atom is -0.466 e. The summed E-state index contributed by atoms with van der Waals surface area (Å²) in [6, 6.07) is -0.542. The zero-order chi connectivity index (χ0) is 49.3. The summed E-state index contributed by atoms with van der Waals surface area (Å²) in [6.45, 7) is 4.94. The van der Waals surface area contributed by atoms with Gasteiger partial charge in [0, 0.05) is 12.8 Å². The van der Waals surface area contributed by atoms with Crippen LogP contribution in [0.2, 0.25) is 0 Å². The highest BCUT2D eigenvalue weighted by Crippen LogP contribution is 2.17. The molecule has 68 heavy (non-hydrogen) atoms. The minimum absolute atomic E-state index is 0.00433. The summed E-state index contributed by atoms with van der Waals surface area (Å²) in [4.78, 5) is 24.5. The van der Waals surface area contributed by atoms with Crippen LogP contribution in [0.25, 0.3) is 0 Å². The van der Waals surface area contributed by atoms with Crippen LogP contribution in [-0.2, 0) is 14.3 Å². The van der Waals surface area contributed by atoms with Gasteiger partial charge < -0.3 is 20.3 Å². The number of ether oxygens (including phenoxy) is 1. The second-order valence-corrected chi connectivity index (χ2v) is 21.0. The summed E-state index contributed by atoms with van der Waals surface area (Å²) in [5.41, 5.74) is 0. The second-order valence-electron chi connectivity index (χ2n) is 21.0. The van der Waals surface area contributed by atoms with Crippen molar-refractivity contribution in [1.29, 1.82) is 0 Å². The van der Waals surface area contributed by atoms with E-state index in [0.717, 1.165) is 44.9 Å². The fourth-order valence-electron chi connectivity index (χ4n) is 9.51. The molecule has 0 heterocycles. The highest BCUT2D eigenvalue weighted by Gasteiger charge is 2.20. The molecule has 0 saturated heterocycles. The molecule has 0 aromatic heterocycles. The van der Waals surface area contributed by atoms with Crippen LogP contribution < -0.4 is 5.32 Å². The number of aliphatic hydroxyl groups is 2. The molecule has 3 N–H and O–H groups in total. The number of rotatable bonds is 57. The van der Waals surface area contributed by atoms with Crippen LogP contribution in [0.4, 0.5) is 0 Å². The molecule has 6 nitrogen and oxygen atoms in total. The van der Waals surface area contributed by atoms with Crippen molar-refractivity contribution < 1.29 is 24.5 Å². The van der Waals surface area contributed by atoms with Gasteiger partial charge in [0.15, 0.2) is 0 Å². The molecule has 0 rings (SSSR count). The predicted octanol–water partition coefficient (Wildman–Crippen LogP) is 19.0. The summed E-state index contributed by atoms with van der Waals surface area (Å²) >= 11 is 0. The lowest BCUT2D eigenvalue weighted by atomic mass is 10.0. The van der Waals surface area contributed by atoms with E-state index >= 15 is 0 Å². The molecule has 0 aromatic carbocycles. The molecule has 2 atom stereocenters. The maximum absolute atomic E-state index is 12.5. The Kier molecular flexibility index (Phi) is 56.5. The highest BCUT2D eigenvalue weighted by molar-refractivity contribution is 5.76. The molecule has 0 aliphatic carbocycles. The zero-order valence-corrected chi connectivity index (χ0v) is 45.9. The number of nitrogens with one attached hydrogen (secondary N) is 1. The number of aliphatic hydroxyl groups excluding tert-OH is 2. The van der Waals surface area contributed by atoms with E-state index < -0.39 is 12.1 Å². The predicted molar refractivity (Wildman–Crippen MR) is 296 cm³/mol. The van der Waals surface area contributed by atoms with E-state index in [9.17, 15) is 19.8 Å².